The topological polar surface area (TPSA) is 131 Å². The molecule has 6 N–H and O–H groups in total. The molecule has 0 aliphatic carbocycles. The van der Waals surface area contributed by atoms with E-state index in [4.69, 9.17) is 30.0 Å². The predicted octanol–water partition coefficient (Wildman–Crippen LogP) is 1.68. The highest BCUT2D eigenvalue weighted by Crippen LogP contribution is 2.22. The van der Waals surface area contributed by atoms with Gasteiger partial charge in [0.2, 0.25) is 0 Å². The van der Waals surface area contributed by atoms with Crippen LogP contribution in [0, 0.1) is 0 Å². The van der Waals surface area contributed by atoms with Crippen molar-refractivity contribution in [1.29, 1.82) is 0 Å². The first-order valence-electron chi connectivity index (χ1n) is 5.80. The van der Waals surface area contributed by atoms with Crippen LogP contribution < -0.4 is 0 Å². The highest BCUT2D eigenvalue weighted by atomic mass is 127. The predicted molar refractivity (Wildman–Crippen MR) is 90.8 cm³/mol. The Bertz CT molecular complexity index is 475. The summed E-state index contributed by atoms with van der Waals surface area (Å²) >= 11 is 1.47. The van der Waals surface area contributed by atoms with E-state index in [1.807, 2.05) is 0 Å². The molecule has 7 nitrogen and oxygen atoms in total. The Labute approximate surface area is 141 Å². The highest BCUT2D eigenvalue weighted by molar-refractivity contribution is 14.1. The van der Waals surface area contributed by atoms with Gasteiger partial charge in [-0.05, 0) is 46.1 Å². The normalized spacial score (nSPS) is 9.82. The van der Waals surface area contributed by atoms with E-state index < -0.39 is 6.30 Å². The molecular weight excluding hydrogens is 423 g/mol. The molecule has 122 valence electrons. The molecule has 0 saturated carbocycles. The summed E-state index contributed by atoms with van der Waals surface area (Å²) in [5, 5.41) is 34.7. The van der Waals surface area contributed by atoms with Crippen molar-refractivity contribution in [3.63, 3.8) is 0 Å². The van der Waals surface area contributed by atoms with Crippen LogP contribution in [0.1, 0.15) is 0 Å². The maximum atomic E-state index is 8.67. The number of benzene rings is 2. The molecular formula is C13H17IO7Si. The number of hydrogen-bond donors (Lipinski definition) is 6. The maximum absolute atomic E-state index is 8.67. The lowest BCUT2D eigenvalue weighted by molar-refractivity contribution is 0.223. The first-order valence-corrected chi connectivity index (χ1v) is 10.7. The van der Waals surface area contributed by atoms with Crippen molar-refractivity contribution in [2.75, 3.05) is 7.11 Å². The van der Waals surface area contributed by atoms with Gasteiger partial charge in [-0.3, -0.25) is 0 Å². The molecule has 0 bridgehead atoms. The van der Waals surface area contributed by atoms with Crippen molar-refractivity contribution >= 4 is 28.1 Å². The fraction of sp³-hybridized carbons (Fsp3) is 0.0769. The Balaban J connectivity index is 0.000000306. The molecule has 0 heterocycles. The number of rotatable bonds is 1. The smallest absolute Gasteiger partial charge is 0.504 e. The van der Waals surface area contributed by atoms with Crippen LogP contribution >= 0.6 is 21.8 Å². The summed E-state index contributed by atoms with van der Waals surface area (Å²) < 4.78 is 4.17. The average molecular weight is 440 g/mol. The molecule has 0 saturated heterocycles. The van der Waals surface area contributed by atoms with Gasteiger partial charge in [-0.2, -0.15) is 0 Å². The zero-order valence-corrected chi connectivity index (χ0v) is 14.7. The van der Waals surface area contributed by atoms with Gasteiger partial charge in [0.1, 0.15) is 0 Å². The summed E-state index contributed by atoms with van der Waals surface area (Å²) in [5.74, 6) is -0.306. The van der Waals surface area contributed by atoms with Gasteiger partial charge in [0, 0.05) is 7.11 Å². The van der Waals surface area contributed by atoms with Crippen LogP contribution in [0.25, 0.3) is 0 Å². The minimum Gasteiger partial charge on any atom is -0.504 e. The van der Waals surface area contributed by atoms with Crippen molar-refractivity contribution in [2.24, 2.45) is 0 Å². The largest absolute Gasteiger partial charge is 0.566 e. The minimum atomic E-state index is -3.16. The third-order valence-electron chi connectivity index (χ3n) is 2.02. The van der Waals surface area contributed by atoms with E-state index in [0.29, 0.717) is 0 Å². The molecule has 0 aliphatic heterocycles. The van der Waals surface area contributed by atoms with Crippen molar-refractivity contribution in [3.8, 4) is 23.0 Å². The lowest BCUT2D eigenvalue weighted by Gasteiger charge is -2.02. The molecule has 0 spiro atoms. The maximum Gasteiger partial charge on any atom is 0.566 e. The number of phenolic OH excluding ortho intramolecular Hbond substituents is 4. The van der Waals surface area contributed by atoms with E-state index in [9.17, 15) is 0 Å². The third-order valence-corrected chi connectivity index (χ3v) is 3.86. The lowest BCUT2D eigenvalue weighted by atomic mass is 10.3. The van der Waals surface area contributed by atoms with E-state index in [-0.39, 0.29) is 23.0 Å². The van der Waals surface area contributed by atoms with Crippen LogP contribution in [0.2, 0.25) is 0 Å². The molecule has 0 amide bonds. The number of para-hydroxylation sites is 4. The molecule has 2 rings (SSSR count). The zero-order valence-electron chi connectivity index (χ0n) is 11.6. The van der Waals surface area contributed by atoms with Crippen LogP contribution in [-0.2, 0) is 4.43 Å². The summed E-state index contributed by atoms with van der Waals surface area (Å²) in [5.41, 5.74) is 0. The van der Waals surface area contributed by atoms with Gasteiger partial charge in [0.25, 0.3) is 0 Å². The Morgan fingerprint density at radius 3 is 1.00 bits per heavy atom. The molecule has 2 aromatic rings. The van der Waals surface area contributed by atoms with E-state index in [2.05, 4.69) is 4.43 Å². The van der Waals surface area contributed by atoms with E-state index >= 15 is 0 Å². The van der Waals surface area contributed by atoms with Gasteiger partial charge < -0.3 is 34.4 Å². The number of phenols is 4. The van der Waals surface area contributed by atoms with Crippen LogP contribution in [0.5, 0.6) is 23.0 Å². The molecule has 0 atom stereocenters. The van der Waals surface area contributed by atoms with Gasteiger partial charge in [0.05, 0.1) is 0 Å². The number of hydrogen-bond acceptors (Lipinski definition) is 7. The van der Waals surface area contributed by atoms with Crippen molar-refractivity contribution in [2.45, 2.75) is 0 Å². The van der Waals surface area contributed by atoms with E-state index in [1.54, 1.807) is 24.3 Å². The molecule has 22 heavy (non-hydrogen) atoms. The number of halogens is 1. The van der Waals surface area contributed by atoms with Crippen LogP contribution in [0.15, 0.2) is 48.5 Å². The summed E-state index contributed by atoms with van der Waals surface area (Å²) in [4.78, 5) is 16.6. The first-order chi connectivity index (χ1) is 10.2. The number of aromatic hydroxyl groups is 4. The Morgan fingerprint density at radius 2 is 0.909 bits per heavy atom. The second-order valence-corrected chi connectivity index (χ2v) is 9.39. The second kappa shape index (κ2) is 10.2. The van der Waals surface area contributed by atoms with Gasteiger partial charge in [-0.1, -0.05) is 24.3 Å². The lowest BCUT2D eigenvalue weighted by Crippen LogP contribution is -2.28. The van der Waals surface area contributed by atoms with Crippen LogP contribution in [0.4, 0.5) is 0 Å². The van der Waals surface area contributed by atoms with Crippen molar-refractivity contribution < 1.29 is 34.4 Å². The molecule has 0 fully saturated rings. The zero-order chi connectivity index (χ0) is 17.2. The third kappa shape index (κ3) is 10.2. The second-order valence-electron chi connectivity index (χ2n) is 3.71. The fourth-order valence-electron chi connectivity index (χ4n) is 0.928. The van der Waals surface area contributed by atoms with E-state index in [1.165, 1.54) is 53.2 Å². The fourth-order valence-corrected chi connectivity index (χ4v) is 0.928. The Morgan fingerprint density at radius 1 is 0.727 bits per heavy atom. The van der Waals surface area contributed by atoms with Gasteiger partial charge in [0.15, 0.2) is 23.0 Å². The minimum absolute atomic E-state index is 0.0764. The summed E-state index contributed by atoms with van der Waals surface area (Å²) in [6.45, 7) is 0. The standard InChI is InChI=1S/2C6H6O2.CH5IO3Si/c2*7-5-3-1-2-4-6(5)8;1-5-6(2,3)4/h2*1-4,7-8H;3-4H,1H3. The van der Waals surface area contributed by atoms with Crippen LogP contribution in [0.3, 0.4) is 0 Å². The van der Waals surface area contributed by atoms with Crippen molar-refractivity contribution in [1.82, 2.24) is 0 Å². The highest BCUT2D eigenvalue weighted by Gasteiger charge is 2.24. The van der Waals surface area contributed by atoms with E-state index in [0.717, 1.165) is 0 Å². The summed E-state index contributed by atoms with van der Waals surface area (Å²) in [7, 11) is 1.26. The average Bonchev–Trinajstić information content (AvgIpc) is 2.46. The monoisotopic (exact) mass is 440 g/mol. The van der Waals surface area contributed by atoms with Crippen molar-refractivity contribution in [3.05, 3.63) is 48.5 Å². The van der Waals surface area contributed by atoms with Gasteiger partial charge in [-0.25, -0.2) is 0 Å². The summed E-state index contributed by atoms with van der Waals surface area (Å²) in [6.07, 6.45) is -3.16. The molecule has 2 aromatic carbocycles. The quantitative estimate of drug-likeness (QED) is 0.172. The Kier molecular flexibility index (Phi) is 9.52. The van der Waals surface area contributed by atoms with Gasteiger partial charge in [-0.15, -0.1) is 0 Å². The van der Waals surface area contributed by atoms with Crippen LogP contribution in [-0.4, -0.2) is 43.4 Å². The first kappa shape index (κ1) is 20.5. The summed E-state index contributed by atoms with van der Waals surface area (Å²) in [6, 6.07) is 12.3. The molecule has 0 radical (unpaired) electrons. The van der Waals surface area contributed by atoms with Gasteiger partial charge >= 0.3 is 6.30 Å². The molecule has 0 aromatic heterocycles. The SMILES string of the molecule is CO[Si](O)(O)I.Oc1ccccc1O.Oc1ccccc1O. The Hall–Kier alpha value is -1.53. The molecule has 0 unspecified atom stereocenters. The molecule has 0 aliphatic rings. The molecule has 9 heteroatoms.